The van der Waals surface area contributed by atoms with Crippen LogP contribution >= 0.6 is 63.7 Å². The summed E-state index contributed by atoms with van der Waals surface area (Å²) in [7, 11) is 0. The highest BCUT2D eigenvalue weighted by atomic mass is 79.9. The number of aromatic nitrogens is 2. The fourth-order valence-corrected chi connectivity index (χ4v) is 7.18. The molecule has 0 amide bonds. The van der Waals surface area contributed by atoms with E-state index < -0.39 is 0 Å². The Hall–Kier alpha value is -3.42. The quantitative estimate of drug-likeness (QED) is 0.165. The summed E-state index contributed by atoms with van der Waals surface area (Å²) in [6, 6.07) is 42.6. The van der Waals surface area contributed by atoms with Crippen LogP contribution in [0.2, 0.25) is 0 Å². The van der Waals surface area contributed by atoms with Crippen LogP contribution < -0.4 is 0 Å². The minimum atomic E-state index is 0.955. The number of hydrogen-bond donors (Lipinski definition) is 0. The molecule has 2 nitrogen and oxygen atoms in total. The Bertz CT molecular complexity index is 2160. The number of nitrogens with zero attached hydrogens (tertiary/aromatic N) is 2. The number of pyridine rings is 2. The molecule has 0 N–H and O–H groups in total. The largest absolute Gasteiger partial charge is 0.247 e. The number of hydrogen-bond acceptors (Lipinski definition) is 2. The van der Waals surface area contributed by atoms with Crippen LogP contribution in [0.25, 0.3) is 77.3 Å². The monoisotopic (exact) mass is 820 g/mol. The van der Waals surface area contributed by atoms with E-state index in [1.807, 2.05) is 0 Å². The van der Waals surface area contributed by atoms with Gasteiger partial charge in [-0.2, -0.15) is 0 Å². The van der Waals surface area contributed by atoms with Gasteiger partial charge in [-0.05, 0) is 82.6 Å². The van der Waals surface area contributed by atoms with Gasteiger partial charge in [0, 0.05) is 50.9 Å². The molecule has 44 heavy (non-hydrogen) atoms. The normalized spacial score (nSPS) is 11.6. The van der Waals surface area contributed by atoms with Gasteiger partial charge >= 0.3 is 0 Å². The average molecular weight is 824 g/mol. The molecule has 6 heteroatoms. The minimum absolute atomic E-state index is 0.955. The maximum Gasteiger partial charge on any atom is 0.0794 e. The van der Waals surface area contributed by atoms with E-state index in [-0.39, 0.29) is 0 Å². The summed E-state index contributed by atoms with van der Waals surface area (Å²) in [4.78, 5) is 10.7. The first-order valence-electron chi connectivity index (χ1n) is 14.0. The van der Waals surface area contributed by atoms with Crippen molar-refractivity contribution in [1.29, 1.82) is 0 Å². The molecule has 2 aromatic heterocycles. The van der Waals surface area contributed by atoms with E-state index in [4.69, 9.17) is 9.97 Å². The Kier molecular flexibility index (Phi) is 7.14. The molecule has 0 aliphatic rings. The second kappa shape index (κ2) is 11.2. The lowest BCUT2D eigenvalue weighted by Gasteiger charge is -2.20. The Balaban J connectivity index is 1.52. The standard InChI is InChI=1S/C38H20Br4N2/c39-25-9-1-21(2-10-25)33-29-17-18-30-34(22-3-11-26(40)12-4-22)38(24-7-15-28(42)16-8-24)44-32-20-19-31(35(29)36(30)32)43-37(33)23-5-13-27(41)14-6-23/h1-20H. The third-order valence-corrected chi connectivity index (χ3v) is 10.2. The van der Waals surface area contributed by atoms with Crippen molar-refractivity contribution in [3.05, 3.63) is 139 Å². The smallest absolute Gasteiger partial charge is 0.0794 e. The molecule has 0 saturated carbocycles. The van der Waals surface area contributed by atoms with Crippen molar-refractivity contribution in [3.8, 4) is 44.8 Å². The van der Waals surface area contributed by atoms with Gasteiger partial charge in [0.1, 0.15) is 0 Å². The molecule has 0 radical (unpaired) electrons. The predicted molar refractivity (Wildman–Crippen MR) is 198 cm³/mol. The van der Waals surface area contributed by atoms with Crippen LogP contribution in [-0.4, -0.2) is 9.97 Å². The Morgan fingerprint density at radius 1 is 0.318 bits per heavy atom. The molecule has 0 atom stereocenters. The molecule has 0 fully saturated rings. The van der Waals surface area contributed by atoms with Crippen LogP contribution in [0.5, 0.6) is 0 Å². The van der Waals surface area contributed by atoms with Crippen molar-refractivity contribution in [2.45, 2.75) is 0 Å². The molecule has 0 spiro atoms. The average Bonchev–Trinajstić information content (AvgIpc) is 3.04. The molecule has 0 aliphatic heterocycles. The van der Waals surface area contributed by atoms with Crippen LogP contribution in [-0.2, 0) is 0 Å². The maximum absolute atomic E-state index is 5.36. The summed E-state index contributed by atoms with van der Waals surface area (Å²) < 4.78 is 4.16. The maximum atomic E-state index is 5.36. The van der Waals surface area contributed by atoms with E-state index in [1.54, 1.807) is 0 Å². The molecule has 0 aliphatic carbocycles. The zero-order valence-electron chi connectivity index (χ0n) is 23.0. The minimum Gasteiger partial charge on any atom is -0.247 e. The lowest BCUT2D eigenvalue weighted by Crippen LogP contribution is -1.98. The van der Waals surface area contributed by atoms with Crippen molar-refractivity contribution < 1.29 is 0 Å². The third kappa shape index (κ3) is 4.80. The van der Waals surface area contributed by atoms with Crippen molar-refractivity contribution in [2.24, 2.45) is 0 Å². The fourth-order valence-electron chi connectivity index (χ4n) is 6.12. The molecule has 8 rings (SSSR count). The first kappa shape index (κ1) is 28.1. The molecular weight excluding hydrogens is 804 g/mol. The number of halogens is 4. The summed E-state index contributed by atoms with van der Waals surface area (Å²) in [5, 5.41) is 4.58. The third-order valence-electron chi connectivity index (χ3n) is 8.09. The SMILES string of the molecule is Brc1ccc(-c2nc3ccc4nc(-c5ccc(Br)cc5)c(-c5ccc(Br)cc5)c5ccc(c2-c2ccc(Br)cc2)c3c45)cc1. The number of benzene rings is 6. The van der Waals surface area contributed by atoms with Gasteiger partial charge in [0.05, 0.1) is 22.4 Å². The summed E-state index contributed by atoms with van der Waals surface area (Å²) in [5.74, 6) is 0. The molecule has 6 aromatic carbocycles. The summed E-state index contributed by atoms with van der Waals surface area (Å²) in [5.41, 5.74) is 10.4. The summed E-state index contributed by atoms with van der Waals surface area (Å²) in [6.45, 7) is 0. The predicted octanol–water partition coefficient (Wildman–Crippen LogP) is 13.1. The van der Waals surface area contributed by atoms with E-state index in [0.29, 0.717) is 0 Å². The van der Waals surface area contributed by atoms with E-state index >= 15 is 0 Å². The molecule has 8 aromatic rings. The molecule has 210 valence electrons. The van der Waals surface area contributed by atoms with Gasteiger partial charge in [-0.1, -0.05) is 124 Å². The lowest BCUT2D eigenvalue weighted by atomic mass is 9.87. The van der Waals surface area contributed by atoms with Crippen molar-refractivity contribution in [2.75, 3.05) is 0 Å². The van der Waals surface area contributed by atoms with Gasteiger partial charge in [0.15, 0.2) is 0 Å². The first-order chi connectivity index (χ1) is 21.4. The lowest BCUT2D eigenvalue weighted by molar-refractivity contribution is 1.38. The van der Waals surface area contributed by atoms with E-state index in [0.717, 1.165) is 95.2 Å². The van der Waals surface area contributed by atoms with E-state index in [9.17, 15) is 0 Å². The second-order valence-electron chi connectivity index (χ2n) is 10.7. The van der Waals surface area contributed by atoms with Gasteiger partial charge in [0.25, 0.3) is 0 Å². The second-order valence-corrected chi connectivity index (χ2v) is 14.4. The first-order valence-corrected chi connectivity index (χ1v) is 17.2. The zero-order valence-corrected chi connectivity index (χ0v) is 29.3. The van der Waals surface area contributed by atoms with Gasteiger partial charge in [-0.25, -0.2) is 9.97 Å². The topological polar surface area (TPSA) is 25.8 Å². The van der Waals surface area contributed by atoms with Crippen molar-refractivity contribution in [1.82, 2.24) is 9.97 Å². The van der Waals surface area contributed by atoms with Crippen LogP contribution in [0.1, 0.15) is 0 Å². The zero-order chi connectivity index (χ0) is 29.9. The van der Waals surface area contributed by atoms with Gasteiger partial charge in [-0.3, -0.25) is 0 Å². The fraction of sp³-hybridized carbons (Fsp3) is 0. The van der Waals surface area contributed by atoms with Gasteiger partial charge < -0.3 is 0 Å². The van der Waals surface area contributed by atoms with E-state index in [1.165, 1.54) is 0 Å². The highest BCUT2D eigenvalue weighted by Crippen LogP contribution is 2.47. The van der Waals surface area contributed by atoms with Crippen LogP contribution in [0.4, 0.5) is 0 Å². The van der Waals surface area contributed by atoms with Crippen LogP contribution in [0, 0.1) is 0 Å². The highest BCUT2D eigenvalue weighted by Gasteiger charge is 2.23. The molecular formula is C38H20Br4N2. The van der Waals surface area contributed by atoms with E-state index in [2.05, 4.69) is 185 Å². The molecule has 0 saturated heterocycles. The summed E-state index contributed by atoms with van der Waals surface area (Å²) in [6.07, 6.45) is 0. The highest BCUT2D eigenvalue weighted by molar-refractivity contribution is 9.11. The van der Waals surface area contributed by atoms with Gasteiger partial charge in [0.2, 0.25) is 0 Å². The summed E-state index contributed by atoms with van der Waals surface area (Å²) >= 11 is 14.4. The Morgan fingerprint density at radius 3 is 0.932 bits per heavy atom. The van der Waals surface area contributed by atoms with Crippen molar-refractivity contribution >= 4 is 96.3 Å². The molecule has 0 unspecified atom stereocenters. The van der Waals surface area contributed by atoms with Crippen LogP contribution in [0.3, 0.4) is 0 Å². The van der Waals surface area contributed by atoms with Crippen LogP contribution in [0.15, 0.2) is 139 Å². The van der Waals surface area contributed by atoms with Gasteiger partial charge in [-0.15, -0.1) is 0 Å². The molecule has 0 bridgehead atoms. The Labute approximate surface area is 288 Å². The Morgan fingerprint density at radius 2 is 0.614 bits per heavy atom. The molecule has 2 heterocycles. The van der Waals surface area contributed by atoms with Crippen molar-refractivity contribution in [3.63, 3.8) is 0 Å². The number of rotatable bonds is 4.